The van der Waals surface area contributed by atoms with Gasteiger partial charge in [0.15, 0.2) is 0 Å². The quantitative estimate of drug-likeness (QED) is 0.701. The molecule has 0 bridgehead atoms. The molecule has 0 aliphatic heterocycles. The number of nitrogens with zero attached hydrogens (tertiary/aromatic N) is 1. The van der Waals surface area contributed by atoms with Crippen molar-refractivity contribution in [3.63, 3.8) is 0 Å². The molecule has 0 saturated carbocycles. The lowest BCUT2D eigenvalue weighted by molar-refractivity contribution is 0.420. The van der Waals surface area contributed by atoms with Crippen LogP contribution < -0.4 is 0 Å². The molecule has 0 saturated heterocycles. The number of rotatable bonds is 4. The van der Waals surface area contributed by atoms with Crippen molar-refractivity contribution in [1.29, 1.82) is 0 Å². The Balaban J connectivity index is 2.78. The molecule has 0 aliphatic rings. The van der Waals surface area contributed by atoms with Gasteiger partial charge >= 0.3 is 0 Å². The Labute approximate surface area is 87.1 Å². The van der Waals surface area contributed by atoms with Gasteiger partial charge in [0.25, 0.3) is 0 Å². The van der Waals surface area contributed by atoms with E-state index < -0.39 is 0 Å². The summed E-state index contributed by atoms with van der Waals surface area (Å²) in [6.07, 6.45) is 2.23. The highest BCUT2D eigenvalue weighted by molar-refractivity contribution is 5.62. The van der Waals surface area contributed by atoms with E-state index in [2.05, 4.69) is 56.1 Å². The van der Waals surface area contributed by atoms with E-state index >= 15 is 0 Å². The van der Waals surface area contributed by atoms with E-state index in [1.54, 1.807) is 0 Å². The Hall–Kier alpha value is -1.24. The molecule has 0 radical (unpaired) electrons. The molecule has 1 rings (SSSR count). The van der Waals surface area contributed by atoms with Gasteiger partial charge in [-0.3, -0.25) is 0 Å². The van der Waals surface area contributed by atoms with Crippen LogP contribution in [0.15, 0.2) is 36.5 Å². The minimum atomic E-state index is 1.07. The van der Waals surface area contributed by atoms with Gasteiger partial charge in [-0.05, 0) is 31.9 Å². The molecule has 0 unspecified atom stereocenters. The van der Waals surface area contributed by atoms with Crippen LogP contribution >= 0.6 is 0 Å². The molecule has 14 heavy (non-hydrogen) atoms. The third-order valence-corrected chi connectivity index (χ3v) is 2.42. The Bertz CT molecular complexity index is 283. The lowest BCUT2D eigenvalue weighted by Crippen LogP contribution is -2.15. The van der Waals surface area contributed by atoms with Gasteiger partial charge in [-0.25, -0.2) is 0 Å². The zero-order valence-electron chi connectivity index (χ0n) is 9.33. The minimum Gasteiger partial charge on any atom is -0.378 e. The highest BCUT2D eigenvalue weighted by Crippen LogP contribution is 2.13. The van der Waals surface area contributed by atoms with Crippen molar-refractivity contribution in [2.75, 3.05) is 13.1 Å². The van der Waals surface area contributed by atoms with Gasteiger partial charge in [-0.2, -0.15) is 0 Å². The van der Waals surface area contributed by atoms with Crippen molar-refractivity contribution in [1.82, 2.24) is 4.90 Å². The van der Waals surface area contributed by atoms with Crippen molar-refractivity contribution in [3.05, 3.63) is 42.1 Å². The van der Waals surface area contributed by atoms with Crippen molar-refractivity contribution in [2.24, 2.45) is 0 Å². The number of allylic oxidation sites excluding steroid dienone is 1. The number of hydrogen-bond donors (Lipinski definition) is 0. The molecule has 76 valence electrons. The second-order valence-electron chi connectivity index (χ2n) is 3.40. The normalized spacial score (nSPS) is 11.5. The first-order chi connectivity index (χ1) is 6.77. The smallest absolute Gasteiger partial charge is 0.0144 e. The topological polar surface area (TPSA) is 3.24 Å². The van der Waals surface area contributed by atoms with Gasteiger partial charge in [0, 0.05) is 19.3 Å². The van der Waals surface area contributed by atoms with Crippen LogP contribution in [0.4, 0.5) is 0 Å². The fraction of sp³-hybridized carbons (Fsp3) is 0.385. The Morgan fingerprint density at radius 1 is 1.14 bits per heavy atom. The summed E-state index contributed by atoms with van der Waals surface area (Å²) in [6.45, 7) is 8.66. The molecule has 1 aromatic carbocycles. The largest absolute Gasteiger partial charge is 0.378 e. The highest BCUT2D eigenvalue weighted by atomic mass is 15.1. The number of hydrogen-bond acceptors (Lipinski definition) is 1. The summed E-state index contributed by atoms with van der Waals surface area (Å²) >= 11 is 0. The van der Waals surface area contributed by atoms with Crippen LogP contribution in [-0.2, 0) is 0 Å². The first kappa shape index (κ1) is 10.8. The second-order valence-corrected chi connectivity index (χ2v) is 3.40. The predicted octanol–water partition coefficient (Wildman–Crippen LogP) is 3.39. The molecule has 0 aromatic heterocycles. The molecule has 0 fully saturated rings. The summed E-state index contributed by atoms with van der Waals surface area (Å²) in [6, 6.07) is 10.5. The molecule has 0 aliphatic carbocycles. The molecular formula is C13H19N. The zero-order valence-corrected chi connectivity index (χ0v) is 9.33. The van der Waals surface area contributed by atoms with Gasteiger partial charge in [0.2, 0.25) is 0 Å². The second kappa shape index (κ2) is 5.48. The molecule has 0 spiro atoms. The molecule has 1 aromatic rings. The standard InChI is InChI=1S/C13H19N/c1-4-14(5-2)11-12(3)13-9-7-6-8-10-13/h6-11H,4-5H2,1-3H3. The van der Waals surface area contributed by atoms with E-state index in [4.69, 9.17) is 0 Å². The molecule has 1 nitrogen and oxygen atoms in total. The van der Waals surface area contributed by atoms with Gasteiger partial charge in [0.05, 0.1) is 0 Å². The fourth-order valence-electron chi connectivity index (χ4n) is 1.46. The third-order valence-electron chi connectivity index (χ3n) is 2.42. The van der Waals surface area contributed by atoms with E-state index in [1.807, 2.05) is 6.07 Å². The molecule has 0 heterocycles. The zero-order chi connectivity index (χ0) is 10.4. The maximum Gasteiger partial charge on any atom is 0.0144 e. The Morgan fingerprint density at radius 2 is 1.71 bits per heavy atom. The summed E-state index contributed by atoms with van der Waals surface area (Å²) in [4.78, 5) is 2.31. The molecule has 0 N–H and O–H groups in total. The van der Waals surface area contributed by atoms with Crippen molar-refractivity contribution >= 4 is 5.57 Å². The first-order valence-corrected chi connectivity index (χ1v) is 5.25. The van der Waals surface area contributed by atoms with Gasteiger partial charge in [-0.1, -0.05) is 30.3 Å². The first-order valence-electron chi connectivity index (χ1n) is 5.25. The van der Waals surface area contributed by atoms with Gasteiger partial charge < -0.3 is 4.90 Å². The van der Waals surface area contributed by atoms with Crippen LogP contribution in [0.25, 0.3) is 5.57 Å². The van der Waals surface area contributed by atoms with E-state index in [9.17, 15) is 0 Å². The summed E-state index contributed by atoms with van der Waals surface area (Å²) in [7, 11) is 0. The number of benzene rings is 1. The van der Waals surface area contributed by atoms with Crippen LogP contribution in [-0.4, -0.2) is 18.0 Å². The maximum absolute atomic E-state index is 2.31. The van der Waals surface area contributed by atoms with Crippen LogP contribution in [0.2, 0.25) is 0 Å². The van der Waals surface area contributed by atoms with Crippen molar-refractivity contribution in [2.45, 2.75) is 20.8 Å². The van der Waals surface area contributed by atoms with E-state index in [-0.39, 0.29) is 0 Å². The lowest BCUT2D eigenvalue weighted by Gasteiger charge is -2.16. The summed E-state index contributed by atoms with van der Waals surface area (Å²) in [5.41, 5.74) is 2.63. The van der Waals surface area contributed by atoms with E-state index in [0.717, 1.165) is 13.1 Å². The van der Waals surface area contributed by atoms with Gasteiger partial charge in [0.1, 0.15) is 0 Å². The monoisotopic (exact) mass is 189 g/mol. The summed E-state index contributed by atoms with van der Waals surface area (Å²) in [5.74, 6) is 0. The van der Waals surface area contributed by atoms with Crippen LogP contribution in [0.5, 0.6) is 0 Å². The van der Waals surface area contributed by atoms with Crippen LogP contribution in [0, 0.1) is 0 Å². The van der Waals surface area contributed by atoms with Crippen molar-refractivity contribution in [3.8, 4) is 0 Å². The average molecular weight is 189 g/mol. The van der Waals surface area contributed by atoms with Crippen LogP contribution in [0.3, 0.4) is 0 Å². The summed E-state index contributed by atoms with van der Waals surface area (Å²) in [5, 5.41) is 0. The minimum absolute atomic E-state index is 1.07. The highest BCUT2D eigenvalue weighted by Gasteiger charge is 1.96. The molecule has 0 atom stereocenters. The lowest BCUT2D eigenvalue weighted by atomic mass is 10.1. The molecule has 0 amide bonds. The SMILES string of the molecule is CCN(C=C(C)c1ccccc1)CC. The molecular weight excluding hydrogens is 170 g/mol. The Kier molecular flexibility index (Phi) is 4.24. The van der Waals surface area contributed by atoms with E-state index in [1.165, 1.54) is 11.1 Å². The van der Waals surface area contributed by atoms with E-state index in [0.29, 0.717) is 0 Å². The maximum atomic E-state index is 2.31. The fourth-order valence-corrected chi connectivity index (χ4v) is 1.46. The van der Waals surface area contributed by atoms with Gasteiger partial charge in [-0.15, -0.1) is 0 Å². The Morgan fingerprint density at radius 3 is 2.21 bits per heavy atom. The van der Waals surface area contributed by atoms with Crippen molar-refractivity contribution < 1.29 is 0 Å². The average Bonchev–Trinajstić information content (AvgIpc) is 2.26. The predicted molar refractivity (Wildman–Crippen MR) is 63.0 cm³/mol. The van der Waals surface area contributed by atoms with Crippen LogP contribution in [0.1, 0.15) is 26.3 Å². The third kappa shape index (κ3) is 2.91. The summed E-state index contributed by atoms with van der Waals surface area (Å²) < 4.78 is 0. The molecule has 1 heteroatoms.